The van der Waals surface area contributed by atoms with Crippen molar-refractivity contribution in [3.8, 4) is 0 Å². The molecular weight excluding hydrogens is 322 g/mol. The summed E-state index contributed by atoms with van der Waals surface area (Å²) in [6, 6.07) is 2.63. The SMILES string of the molecule is Cl.NCC1CCCCC1NS(=O)(=O)c1c(F)cccc1F. The maximum Gasteiger partial charge on any atom is 0.246 e. The normalized spacial score (nSPS) is 22.6. The van der Waals surface area contributed by atoms with Crippen LogP contribution < -0.4 is 10.5 Å². The lowest BCUT2D eigenvalue weighted by Gasteiger charge is -2.31. The number of halogens is 3. The zero-order valence-electron chi connectivity index (χ0n) is 11.4. The predicted molar refractivity (Wildman–Crippen MR) is 78.7 cm³/mol. The van der Waals surface area contributed by atoms with Gasteiger partial charge in [0.25, 0.3) is 0 Å². The van der Waals surface area contributed by atoms with Gasteiger partial charge in [0.2, 0.25) is 10.0 Å². The first kappa shape index (κ1) is 18.3. The minimum atomic E-state index is -4.22. The topological polar surface area (TPSA) is 72.2 Å². The molecule has 1 saturated carbocycles. The van der Waals surface area contributed by atoms with Crippen molar-refractivity contribution >= 4 is 22.4 Å². The number of nitrogens with one attached hydrogen (secondary N) is 1. The Morgan fingerprint density at radius 3 is 2.33 bits per heavy atom. The molecule has 0 heterocycles. The van der Waals surface area contributed by atoms with Crippen LogP contribution in [0.4, 0.5) is 8.78 Å². The molecule has 21 heavy (non-hydrogen) atoms. The standard InChI is InChI=1S/C13H18F2N2O2S.ClH/c14-10-5-3-6-11(15)13(10)20(18,19)17-12-7-2-1-4-9(12)8-16;/h3,5-6,9,12,17H,1-2,4,7-8,16H2;1H. The van der Waals surface area contributed by atoms with E-state index in [0.29, 0.717) is 13.0 Å². The van der Waals surface area contributed by atoms with E-state index in [1.54, 1.807) is 0 Å². The minimum Gasteiger partial charge on any atom is -0.330 e. The van der Waals surface area contributed by atoms with E-state index in [9.17, 15) is 17.2 Å². The van der Waals surface area contributed by atoms with Crippen LogP contribution in [0.1, 0.15) is 25.7 Å². The molecule has 1 aromatic carbocycles. The van der Waals surface area contributed by atoms with Gasteiger partial charge in [-0.2, -0.15) is 0 Å². The Kier molecular flexibility index (Phi) is 6.52. The van der Waals surface area contributed by atoms with Crippen LogP contribution in [0.5, 0.6) is 0 Å². The molecule has 0 amide bonds. The molecule has 0 aromatic heterocycles. The number of sulfonamides is 1. The number of nitrogens with two attached hydrogens (primary N) is 1. The Bertz CT molecular complexity index is 563. The second kappa shape index (κ2) is 7.49. The first-order valence-corrected chi connectivity index (χ1v) is 8.10. The van der Waals surface area contributed by atoms with Crippen molar-refractivity contribution in [1.82, 2.24) is 4.72 Å². The zero-order chi connectivity index (χ0) is 14.8. The Hall–Kier alpha value is -0.760. The second-order valence-corrected chi connectivity index (χ2v) is 6.71. The van der Waals surface area contributed by atoms with Gasteiger partial charge in [-0.1, -0.05) is 18.9 Å². The number of hydrogen-bond acceptors (Lipinski definition) is 3. The molecule has 3 N–H and O–H groups in total. The van der Waals surface area contributed by atoms with Gasteiger partial charge in [-0.3, -0.25) is 0 Å². The van der Waals surface area contributed by atoms with Gasteiger partial charge in [-0.25, -0.2) is 21.9 Å². The molecule has 0 bridgehead atoms. The van der Waals surface area contributed by atoms with Crippen LogP contribution in [0.25, 0.3) is 0 Å². The Balaban J connectivity index is 0.00000220. The van der Waals surface area contributed by atoms with Crippen LogP contribution >= 0.6 is 12.4 Å². The number of benzene rings is 1. The Morgan fingerprint density at radius 1 is 1.19 bits per heavy atom. The highest BCUT2D eigenvalue weighted by molar-refractivity contribution is 7.89. The maximum absolute atomic E-state index is 13.6. The summed E-state index contributed by atoms with van der Waals surface area (Å²) in [7, 11) is -4.22. The van der Waals surface area contributed by atoms with Crippen molar-refractivity contribution in [1.29, 1.82) is 0 Å². The summed E-state index contributed by atoms with van der Waals surface area (Å²) in [6.07, 6.45) is 3.33. The zero-order valence-corrected chi connectivity index (χ0v) is 13.0. The fourth-order valence-corrected chi connectivity index (χ4v) is 4.12. The van der Waals surface area contributed by atoms with Crippen LogP contribution in [0.15, 0.2) is 23.1 Å². The third-order valence-corrected chi connectivity index (χ3v) is 5.25. The molecule has 0 aliphatic heterocycles. The maximum atomic E-state index is 13.6. The third-order valence-electron chi connectivity index (χ3n) is 3.71. The van der Waals surface area contributed by atoms with Gasteiger partial charge < -0.3 is 5.73 Å². The van der Waals surface area contributed by atoms with Gasteiger partial charge >= 0.3 is 0 Å². The summed E-state index contributed by atoms with van der Waals surface area (Å²) >= 11 is 0. The van der Waals surface area contributed by atoms with E-state index < -0.39 is 26.6 Å². The number of rotatable bonds is 4. The van der Waals surface area contributed by atoms with E-state index in [1.165, 1.54) is 0 Å². The first-order chi connectivity index (χ1) is 9.45. The molecule has 0 radical (unpaired) electrons. The molecule has 0 saturated heterocycles. The van der Waals surface area contributed by atoms with Gasteiger partial charge in [0.05, 0.1) is 0 Å². The average molecular weight is 341 g/mol. The molecular formula is C13H19ClF2N2O2S. The highest BCUT2D eigenvalue weighted by Gasteiger charge is 2.31. The largest absolute Gasteiger partial charge is 0.330 e. The lowest BCUT2D eigenvalue weighted by Crippen LogP contribution is -2.45. The van der Waals surface area contributed by atoms with Crippen LogP contribution in [0.2, 0.25) is 0 Å². The fraction of sp³-hybridized carbons (Fsp3) is 0.538. The van der Waals surface area contributed by atoms with Gasteiger partial charge in [-0.05, 0) is 37.4 Å². The van der Waals surface area contributed by atoms with Gasteiger partial charge in [-0.15, -0.1) is 12.4 Å². The molecule has 1 fully saturated rings. The van der Waals surface area contributed by atoms with Gasteiger partial charge in [0.15, 0.2) is 4.90 Å². The van der Waals surface area contributed by atoms with Crippen molar-refractivity contribution in [2.24, 2.45) is 11.7 Å². The molecule has 0 spiro atoms. The van der Waals surface area contributed by atoms with E-state index in [1.807, 2.05) is 0 Å². The molecule has 2 unspecified atom stereocenters. The Morgan fingerprint density at radius 2 is 1.76 bits per heavy atom. The van der Waals surface area contributed by atoms with Crippen molar-refractivity contribution < 1.29 is 17.2 Å². The van der Waals surface area contributed by atoms with Gasteiger partial charge in [0.1, 0.15) is 11.6 Å². The van der Waals surface area contributed by atoms with Crippen LogP contribution in [0, 0.1) is 17.6 Å². The fourth-order valence-electron chi connectivity index (χ4n) is 2.64. The minimum absolute atomic E-state index is 0. The predicted octanol–water partition coefficient (Wildman–Crippen LogP) is 2.18. The molecule has 1 aromatic rings. The van der Waals surface area contributed by atoms with Crippen LogP contribution in [-0.4, -0.2) is 21.0 Å². The van der Waals surface area contributed by atoms with Crippen molar-refractivity contribution in [3.05, 3.63) is 29.8 Å². The third kappa shape index (κ3) is 4.12. The van der Waals surface area contributed by atoms with E-state index in [0.717, 1.165) is 37.5 Å². The molecule has 4 nitrogen and oxygen atoms in total. The summed E-state index contributed by atoms with van der Waals surface area (Å²) in [4.78, 5) is -0.915. The van der Waals surface area contributed by atoms with E-state index in [-0.39, 0.29) is 24.4 Å². The lowest BCUT2D eigenvalue weighted by molar-refractivity contribution is 0.295. The first-order valence-electron chi connectivity index (χ1n) is 6.62. The van der Waals surface area contributed by atoms with Gasteiger partial charge in [0, 0.05) is 6.04 Å². The molecule has 2 rings (SSSR count). The quantitative estimate of drug-likeness (QED) is 0.882. The summed E-state index contributed by atoms with van der Waals surface area (Å²) in [5.41, 5.74) is 5.63. The van der Waals surface area contributed by atoms with E-state index in [2.05, 4.69) is 4.72 Å². The Labute approximate surface area is 129 Å². The van der Waals surface area contributed by atoms with E-state index in [4.69, 9.17) is 5.73 Å². The highest BCUT2D eigenvalue weighted by Crippen LogP contribution is 2.26. The van der Waals surface area contributed by atoms with Crippen molar-refractivity contribution in [2.45, 2.75) is 36.6 Å². The smallest absolute Gasteiger partial charge is 0.246 e. The molecule has 1 aliphatic carbocycles. The van der Waals surface area contributed by atoms with Crippen LogP contribution in [-0.2, 0) is 10.0 Å². The molecule has 1 aliphatic rings. The van der Waals surface area contributed by atoms with Crippen molar-refractivity contribution in [2.75, 3.05) is 6.54 Å². The number of hydrogen-bond donors (Lipinski definition) is 2. The van der Waals surface area contributed by atoms with Crippen molar-refractivity contribution in [3.63, 3.8) is 0 Å². The summed E-state index contributed by atoms with van der Waals surface area (Å²) < 4.78 is 53.9. The molecule has 8 heteroatoms. The highest BCUT2D eigenvalue weighted by atomic mass is 35.5. The average Bonchev–Trinajstić information content (AvgIpc) is 2.38. The summed E-state index contributed by atoms with van der Waals surface area (Å²) in [5, 5.41) is 0. The lowest BCUT2D eigenvalue weighted by atomic mass is 9.85. The summed E-state index contributed by atoms with van der Waals surface area (Å²) in [5.74, 6) is -2.16. The molecule has 120 valence electrons. The van der Waals surface area contributed by atoms with Crippen LogP contribution in [0.3, 0.4) is 0 Å². The molecule has 2 atom stereocenters. The van der Waals surface area contributed by atoms with E-state index >= 15 is 0 Å². The monoisotopic (exact) mass is 340 g/mol. The summed E-state index contributed by atoms with van der Waals surface area (Å²) in [6.45, 7) is 0.354. The second-order valence-electron chi connectivity index (χ2n) is 5.06.